The van der Waals surface area contributed by atoms with Crippen molar-refractivity contribution in [1.29, 1.82) is 0 Å². The highest BCUT2D eigenvalue weighted by atomic mass is 19.1. The molecule has 2 rings (SSSR count). The zero-order valence-electron chi connectivity index (χ0n) is 7.96. The van der Waals surface area contributed by atoms with Crippen molar-refractivity contribution in [2.75, 3.05) is 13.2 Å². The lowest BCUT2D eigenvalue weighted by molar-refractivity contribution is 0.271. The van der Waals surface area contributed by atoms with Gasteiger partial charge < -0.3 is 10.4 Å². The number of aliphatic hydroxyl groups is 1. The van der Waals surface area contributed by atoms with Gasteiger partial charge in [-0.2, -0.15) is 0 Å². The molecule has 0 fully saturated rings. The number of aliphatic hydroxyl groups excluding tert-OH is 1. The van der Waals surface area contributed by atoms with Crippen LogP contribution in [0.5, 0.6) is 0 Å². The van der Waals surface area contributed by atoms with Crippen molar-refractivity contribution in [1.82, 2.24) is 5.32 Å². The van der Waals surface area contributed by atoms with Crippen LogP contribution in [0.2, 0.25) is 0 Å². The molecule has 1 unspecified atom stereocenters. The monoisotopic (exact) mass is 195 g/mol. The van der Waals surface area contributed by atoms with Crippen LogP contribution in [0.15, 0.2) is 18.2 Å². The highest BCUT2D eigenvalue weighted by molar-refractivity contribution is 5.33. The van der Waals surface area contributed by atoms with E-state index in [0.717, 1.165) is 25.1 Å². The minimum atomic E-state index is -0.185. The molecule has 0 spiro atoms. The van der Waals surface area contributed by atoms with Crippen LogP contribution in [-0.2, 0) is 6.54 Å². The molecule has 1 aliphatic rings. The third-order valence-corrected chi connectivity index (χ3v) is 2.73. The minimum Gasteiger partial charge on any atom is -0.396 e. The molecular weight excluding hydrogens is 181 g/mol. The molecule has 0 amide bonds. The van der Waals surface area contributed by atoms with Gasteiger partial charge in [-0.15, -0.1) is 0 Å². The van der Waals surface area contributed by atoms with Crippen molar-refractivity contribution in [3.05, 3.63) is 35.1 Å². The first-order chi connectivity index (χ1) is 6.81. The number of fused-ring (bicyclic) bond motifs is 1. The Morgan fingerprint density at radius 2 is 2.36 bits per heavy atom. The Kier molecular flexibility index (Phi) is 2.79. The van der Waals surface area contributed by atoms with Crippen LogP contribution >= 0.6 is 0 Å². The van der Waals surface area contributed by atoms with E-state index in [4.69, 9.17) is 5.11 Å². The summed E-state index contributed by atoms with van der Waals surface area (Å²) in [6.45, 7) is 1.79. The molecule has 0 radical (unpaired) electrons. The van der Waals surface area contributed by atoms with Crippen molar-refractivity contribution in [2.24, 2.45) is 0 Å². The van der Waals surface area contributed by atoms with Gasteiger partial charge in [0.15, 0.2) is 0 Å². The van der Waals surface area contributed by atoms with Crippen molar-refractivity contribution in [3.63, 3.8) is 0 Å². The Balaban J connectivity index is 2.30. The maximum Gasteiger partial charge on any atom is 0.123 e. The number of halogens is 1. The molecule has 3 heteroatoms. The first-order valence-electron chi connectivity index (χ1n) is 4.91. The number of rotatable bonds is 2. The number of hydrogen-bond acceptors (Lipinski definition) is 2. The molecule has 2 nitrogen and oxygen atoms in total. The van der Waals surface area contributed by atoms with Gasteiger partial charge in [-0.3, -0.25) is 0 Å². The Morgan fingerprint density at radius 3 is 3.14 bits per heavy atom. The summed E-state index contributed by atoms with van der Waals surface area (Å²) >= 11 is 0. The summed E-state index contributed by atoms with van der Waals surface area (Å²) in [6, 6.07) is 4.91. The summed E-state index contributed by atoms with van der Waals surface area (Å²) in [7, 11) is 0. The van der Waals surface area contributed by atoms with E-state index in [2.05, 4.69) is 5.32 Å². The Bertz CT molecular complexity index is 327. The van der Waals surface area contributed by atoms with Crippen LogP contribution in [0.1, 0.15) is 23.5 Å². The van der Waals surface area contributed by atoms with Gasteiger partial charge >= 0.3 is 0 Å². The second-order valence-electron chi connectivity index (χ2n) is 3.68. The summed E-state index contributed by atoms with van der Waals surface area (Å²) in [4.78, 5) is 0. The van der Waals surface area contributed by atoms with E-state index in [1.54, 1.807) is 6.07 Å². The van der Waals surface area contributed by atoms with Crippen LogP contribution < -0.4 is 5.32 Å². The summed E-state index contributed by atoms with van der Waals surface area (Å²) in [5, 5.41) is 12.1. The van der Waals surface area contributed by atoms with Crippen LogP contribution in [0.4, 0.5) is 4.39 Å². The molecule has 2 N–H and O–H groups in total. The first kappa shape index (κ1) is 9.62. The van der Waals surface area contributed by atoms with Crippen molar-refractivity contribution < 1.29 is 9.50 Å². The predicted octanol–water partition coefficient (Wildman–Crippen LogP) is 1.39. The summed E-state index contributed by atoms with van der Waals surface area (Å²) in [5.74, 6) is 0.138. The van der Waals surface area contributed by atoms with Crippen molar-refractivity contribution in [3.8, 4) is 0 Å². The SMILES string of the molecule is OCCC1CNCc2cc(F)ccc21. The highest BCUT2D eigenvalue weighted by Crippen LogP contribution is 2.26. The Hall–Kier alpha value is -0.930. The normalized spacial score (nSPS) is 20.6. The molecule has 1 atom stereocenters. The molecule has 0 saturated heterocycles. The van der Waals surface area contributed by atoms with E-state index in [0.29, 0.717) is 5.92 Å². The molecule has 0 aliphatic carbocycles. The van der Waals surface area contributed by atoms with Crippen molar-refractivity contribution in [2.45, 2.75) is 18.9 Å². The zero-order chi connectivity index (χ0) is 9.97. The molecule has 76 valence electrons. The van der Waals surface area contributed by atoms with E-state index in [1.807, 2.05) is 6.07 Å². The average Bonchev–Trinajstić information content (AvgIpc) is 2.18. The van der Waals surface area contributed by atoms with Crippen molar-refractivity contribution >= 4 is 0 Å². The fourth-order valence-corrected chi connectivity index (χ4v) is 2.03. The molecule has 14 heavy (non-hydrogen) atoms. The standard InChI is InChI=1S/C11H14FNO/c12-10-1-2-11-8(3-4-14)6-13-7-9(11)5-10/h1-2,5,8,13-14H,3-4,6-7H2. The second-order valence-corrected chi connectivity index (χ2v) is 3.68. The largest absolute Gasteiger partial charge is 0.396 e. The average molecular weight is 195 g/mol. The fourth-order valence-electron chi connectivity index (χ4n) is 2.03. The smallest absolute Gasteiger partial charge is 0.123 e. The molecule has 0 bridgehead atoms. The Morgan fingerprint density at radius 1 is 1.50 bits per heavy atom. The third kappa shape index (κ3) is 1.79. The number of hydrogen-bond donors (Lipinski definition) is 2. The lowest BCUT2D eigenvalue weighted by Gasteiger charge is -2.25. The van der Waals surface area contributed by atoms with E-state index in [1.165, 1.54) is 11.6 Å². The number of benzene rings is 1. The maximum atomic E-state index is 12.9. The molecule has 1 aromatic rings. The first-order valence-corrected chi connectivity index (χ1v) is 4.91. The summed E-state index contributed by atoms with van der Waals surface area (Å²) in [5.41, 5.74) is 2.20. The van der Waals surface area contributed by atoms with E-state index in [9.17, 15) is 4.39 Å². The maximum absolute atomic E-state index is 12.9. The third-order valence-electron chi connectivity index (χ3n) is 2.73. The molecular formula is C11H14FNO. The van der Waals surface area contributed by atoms with Gasteiger partial charge in [0.2, 0.25) is 0 Å². The molecule has 1 heterocycles. The van der Waals surface area contributed by atoms with Gasteiger partial charge in [0, 0.05) is 19.7 Å². The molecule has 1 aromatic carbocycles. The van der Waals surface area contributed by atoms with Gasteiger partial charge in [0.05, 0.1) is 0 Å². The Labute approximate surface area is 82.8 Å². The second kappa shape index (κ2) is 4.07. The van der Waals surface area contributed by atoms with Gasteiger partial charge in [0.25, 0.3) is 0 Å². The van der Waals surface area contributed by atoms with E-state index < -0.39 is 0 Å². The van der Waals surface area contributed by atoms with Gasteiger partial charge in [0.1, 0.15) is 5.82 Å². The van der Waals surface area contributed by atoms with E-state index >= 15 is 0 Å². The van der Waals surface area contributed by atoms with Crippen LogP contribution in [-0.4, -0.2) is 18.3 Å². The quantitative estimate of drug-likeness (QED) is 0.747. The summed E-state index contributed by atoms with van der Waals surface area (Å²) < 4.78 is 12.9. The lowest BCUT2D eigenvalue weighted by Crippen LogP contribution is -2.28. The minimum absolute atomic E-state index is 0.184. The fraction of sp³-hybridized carbons (Fsp3) is 0.455. The van der Waals surface area contributed by atoms with Crippen LogP contribution in [0.25, 0.3) is 0 Å². The van der Waals surface area contributed by atoms with Gasteiger partial charge in [-0.05, 0) is 35.6 Å². The van der Waals surface area contributed by atoms with Gasteiger partial charge in [-0.1, -0.05) is 6.07 Å². The predicted molar refractivity (Wildman–Crippen MR) is 52.6 cm³/mol. The zero-order valence-corrected chi connectivity index (χ0v) is 7.96. The van der Waals surface area contributed by atoms with Gasteiger partial charge in [-0.25, -0.2) is 4.39 Å². The van der Waals surface area contributed by atoms with E-state index in [-0.39, 0.29) is 12.4 Å². The highest BCUT2D eigenvalue weighted by Gasteiger charge is 2.19. The van der Waals surface area contributed by atoms with Crippen LogP contribution in [0, 0.1) is 5.82 Å². The number of nitrogens with one attached hydrogen (secondary N) is 1. The topological polar surface area (TPSA) is 32.3 Å². The van der Waals surface area contributed by atoms with Crippen LogP contribution in [0.3, 0.4) is 0 Å². The summed E-state index contributed by atoms with van der Waals surface area (Å²) in [6.07, 6.45) is 0.742. The molecule has 0 saturated carbocycles. The molecule has 1 aliphatic heterocycles. The lowest BCUT2D eigenvalue weighted by atomic mass is 9.89. The molecule has 0 aromatic heterocycles.